The summed E-state index contributed by atoms with van der Waals surface area (Å²) in [5.74, 6) is -1.60. The van der Waals surface area contributed by atoms with E-state index in [0.717, 1.165) is 0 Å². The molecule has 100 valence electrons. The second-order valence-corrected chi connectivity index (χ2v) is 4.25. The van der Waals surface area contributed by atoms with Crippen LogP contribution >= 0.6 is 0 Å². The highest BCUT2D eigenvalue weighted by atomic mass is 19.1. The van der Waals surface area contributed by atoms with Crippen LogP contribution < -0.4 is 16.3 Å². The van der Waals surface area contributed by atoms with E-state index < -0.39 is 17.2 Å². The van der Waals surface area contributed by atoms with Gasteiger partial charge < -0.3 is 14.1 Å². The van der Waals surface area contributed by atoms with Crippen molar-refractivity contribution in [2.24, 2.45) is 0 Å². The number of hydrogen-bond acceptors (Lipinski definition) is 5. The fourth-order valence-electron chi connectivity index (χ4n) is 2.17. The summed E-state index contributed by atoms with van der Waals surface area (Å²) in [5.41, 5.74) is -0.220. The van der Waals surface area contributed by atoms with Crippen molar-refractivity contribution in [1.82, 2.24) is 4.98 Å². The van der Waals surface area contributed by atoms with Gasteiger partial charge in [0.2, 0.25) is 0 Å². The van der Waals surface area contributed by atoms with Crippen molar-refractivity contribution in [3.05, 3.63) is 38.9 Å². The van der Waals surface area contributed by atoms with E-state index in [2.05, 4.69) is 9.40 Å². The third kappa shape index (κ3) is 2.12. The molecule has 2 heterocycles. The summed E-state index contributed by atoms with van der Waals surface area (Å²) in [4.78, 5) is 26.8. The van der Waals surface area contributed by atoms with E-state index in [9.17, 15) is 14.0 Å². The first-order valence-electron chi connectivity index (χ1n) is 5.84. The van der Waals surface area contributed by atoms with Gasteiger partial charge in [-0.05, 0) is 12.1 Å². The molecule has 0 saturated carbocycles. The molecule has 1 aromatic heterocycles. The van der Waals surface area contributed by atoms with E-state index in [1.165, 1.54) is 6.07 Å². The predicted octanol–water partition coefficient (Wildman–Crippen LogP) is 0.457. The molecular formula is C12H11FN2O4. The average molecular weight is 266 g/mol. The smallest absolute Gasteiger partial charge is 0.378 e. The summed E-state index contributed by atoms with van der Waals surface area (Å²) in [6.07, 6.45) is 0. The minimum atomic E-state index is -0.968. The molecule has 0 unspecified atom stereocenters. The predicted molar refractivity (Wildman–Crippen MR) is 66.1 cm³/mol. The molecule has 0 bridgehead atoms. The van der Waals surface area contributed by atoms with Crippen LogP contribution in [0.15, 0.2) is 26.1 Å². The number of nitrogens with one attached hydrogen (secondary N) is 1. The molecule has 0 amide bonds. The first-order chi connectivity index (χ1) is 9.15. The van der Waals surface area contributed by atoms with Gasteiger partial charge >= 0.3 is 11.4 Å². The van der Waals surface area contributed by atoms with Gasteiger partial charge in [-0.15, -0.1) is 0 Å². The molecule has 3 rings (SSSR count). The van der Waals surface area contributed by atoms with E-state index in [1.54, 1.807) is 6.07 Å². The molecule has 1 N–H and O–H groups in total. The van der Waals surface area contributed by atoms with Crippen LogP contribution in [0.25, 0.3) is 10.9 Å². The summed E-state index contributed by atoms with van der Waals surface area (Å²) < 4.78 is 23.5. The molecule has 1 aromatic carbocycles. The second kappa shape index (κ2) is 4.51. The number of aromatic amines is 1. The number of hydrogen-bond donors (Lipinski definition) is 1. The molecule has 2 aromatic rings. The van der Waals surface area contributed by atoms with Gasteiger partial charge in [0, 0.05) is 18.8 Å². The lowest BCUT2D eigenvalue weighted by Crippen LogP contribution is -2.36. The maximum absolute atomic E-state index is 14.0. The Bertz CT molecular complexity index is 731. The Balaban J connectivity index is 2.18. The van der Waals surface area contributed by atoms with Crippen molar-refractivity contribution in [1.29, 1.82) is 0 Å². The number of benzene rings is 1. The minimum absolute atomic E-state index is 0.141. The zero-order chi connectivity index (χ0) is 13.4. The Hall–Kier alpha value is -2.15. The lowest BCUT2D eigenvalue weighted by molar-refractivity contribution is 0.122. The molecule has 19 heavy (non-hydrogen) atoms. The van der Waals surface area contributed by atoms with Crippen LogP contribution in [-0.2, 0) is 4.74 Å². The number of anilines is 1. The minimum Gasteiger partial charge on any atom is -0.378 e. The summed E-state index contributed by atoms with van der Waals surface area (Å²) in [5, 5.41) is -0.239. The van der Waals surface area contributed by atoms with Crippen LogP contribution in [0, 0.1) is 5.82 Å². The topological polar surface area (TPSA) is 75.5 Å². The number of nitrogens with zero attached hydrogens (tertiary/aromatic N) is 1. The highest BCUT2D eigenvalue weighted by molar-refractivity contribution is 5.81. The molecule has 0 aliphatic carbocycles. The number of fused-ring (bicyclic) bond motifs is 1. The number of H-pyrrole nitrogens is 1. The van der Waals surface area contributed by atoms with Crippen LogP contribution in [-0.4, -0.2) is 31.3 Å². The first kappa shape index (κ1) is 11.9. The number of rotatable bonds is 1. The van der Waals surface area contributed by atoms with Crippen LogP contribution in [0.2, 0.25) is 0 Å². The van der Waals surface area contributed by atoms with E-state index in [0.29, 0.717) is 32.0 Å². The zero-order valence-corrected chi connectivity index (χ0v) is 9.94. The van der Waals surface area contributed by atoms with E-state index >= 15 is 0 Å². The Kier molecular flexibility index (Phi) is 2.83. The van der Waals surface area contributed by atoms with Crippen LogP contribution in [0.4, 0.5) is 10.1 Å². The standard InChI is InChI=1S/C12H11FN2O4/c13-8-5-7(15-1-3-18-4-2-15)6-9-10(8)11(16)19-12(17)14-9/h5-6H,1-4H2,(H,14,17). The Labute approximate surface area is 106 Å². The van der Waals surface area contributed by atoms with E-state index in [-0.39, 0.29) is 10.9 Å². The molecular weight excluding hydrogens is 255 g/mol. The largest absolute Gasteiger partial charge is 0.419 e. The van der Waals surface area contributed by atoms with Gasteiger partial charge in [-0.2, -0.15) is 0 Å². The molecule has 0 radical (unpaired) electrons. The zero-order valence-electron chi connectivity index (χ0n) is 9.94. The van der Waals surface area contributed by atoms with Gasteiger partial charge in [0.25, 0.3) is 0 Å². The molecule has 1 aliphatic heterocycles. The van der Waals surface area contributed by atoms with Crippen molar-refractivity contribution in [2.75, 3.05) is 31.2 Å². The molecule has 0 atom stereocenters. The fourth-order valence-corrected chi connectivity index (χ4v) is 2.17. The van der Waals surface area contributed by atoms with Gasteiger partial charge in [0.15, 0.2) is 0 Å². The molecule has 1 fully saturated rings. The molecule has 6 nitrogen and oxygen atoms in total. The fraction of sp³-hybridized carbons (Fsp3) is 0.333. The molecule has 7 heteroatoms. The van der Waals surface area contributed by atoms with Crippen molar-refractivity contribution in [2.45, 2.75) is 0 Å². The Morgan fingerprint density at radius 1 is 1.21 bits per heavy atom. The van der Waals surface area contributed by atoms with Crippen LogP contribution in [0.3, 0.4) is 0 Å². The van der Waals surface area contributed by atoms with Crippen molar-refractivity contribution in [3.8, 4) is 0 Å². The summed E-state index contributed by atoms with van der Waals surface area (Å²) in [6.45, 7) is 2.40. The van der Waals surface area contributed by atoms with E-state index in [4.69, 9.17) is 4.74 Å². The monoisotopic (exact) mass is 266 g/mol. The SMILES string of the molecule is O=c1[nH]c2cc(N3CCOCC3)cc(F)c2c(=O)o1. The Morgan fingerprint density at radius 2 is 1.95 bits per heavy atom. The van der Waals surface area contributed by atoms with Gasteiger partial charge in [-0.25, -0.2) is 14.0 Å². The quantitative estimate of drug-likeness (QED) is 0.811. The number of ether oxygens (including phenoxy) is 1. The summed E-state index contributed by atoms with van der Waals surface area (Å²) in [7, 11) is 0. The van der Waals surface area contributed by atoms with Crippen LogP contribution in [0.1, 0.15) is 0 Å². The lowest BCUT2D eigenvalue weighted by atomic mass is 10.2. The van der Waals surface area contributed by atoms with Gasteiger partial charge in [0.1, 0.15) is 11.2 Å². The third-order valence-electron chi connectivity index (χ3n) is 3.08. The summed E-state index contributed by atoms with van der Waals surface area (Å²) >= 11 is 0. The Morgan fingerprint density at radius 3 is 2.68 bits per heavy atom. The average Bonchev–Trinajstić information content (AvgIpc) is 2.38. The highest BCUT2D eigenvalue weighted by Crippen LogP contribution is 2.22. The van der Waals surface area contributed by atoms with Crippen LogP contribution in [0.5, 0.6) is 0 Å². The van der Waals surface area contributed by atoms with Gasteiger partial charge in [-0.3, -0.25) is 4.98 Å². The maximum atomic E-state index is 14.0. The maximum Gasteiger partial charge on any atom is 0.419 e. The van der Waals surface area contributed by atoms with Crippen molar-refractivity contribution >= 4 is 16.6 Å². The molecule has 1 aliphatic rings. The van der Waals surface area contributed by atoms with Gasteiger partial charge in [-0.1, -0.05) is 0 Å². The third-order valence-corrected chi connectivity index (χ3v) is 3.08. The molecule has 0 spiro atoms. The van der Waals surface area contributed by atoms with Crippen molar-refractivity contribution in [3.63, 3.8) is 0 Å². The molecule has 1 saturated heterocycles. The van der Waals surface area contributed by atoms with E-state index in [1.807, 2.05) is 4.90 Å². The summed E-state index contributed by atoms with van der Waals surface area (Å²) in [6, 6.07) is 2.84. The number of halogens is 1. The highest BCUT2D eigenvalue weighted by Gasteiger charge is 2.16. The van der Waals surface area contributed by atoms with Crippen molar-refractivity contribution < 1.29 is 13.5 Å². The first-order valence-corrected chi connectivity index (χ1v) is 5.84. The number of morpholine rings is 1. The lowest BCUT2D eigenvalue weighted by Gasteiger charge is -2.28. The van der Waals surface area contributed by atoms with Gasteiger partial charge in [0.05, 0.1) is 18.7 Å². The second-order valence-electron chi connectivity index (χ2n) is 4.25. The number of aromatic nitrogens is 1. The normalized spacial score (nSPS) is 15.9.